The number of hydrogen-bond acceptors (Lipinski definition) is 2. The fourth-order valence-electron chi connectivity index (χ4n) is 3.04. The molecular formula is C15H24Cl2N2. The highest BCUT2D eigenvalue weighted by molar-refractivity contribution is 5.85. The van der Waals surface area contributed by atoms with Crippen molar-refractivity contribution < 1.29 is 0 Å². The number of nitrogens with one attached hydrogen (secondary N) is 1. The van der Waals surface area contributed by atoms with E-state index in [1.807, 2.05) is 0 Å². The minimum Gasteiger partial charge on any atom is -0.328 e. The highest BCUT2D eigenvalue weighted by Gasteiger charge is 2.39. The molecule has 4 heteroatoms. The summed E-state index contributed by atoms with van der Waals surface area (Å²) in [6.45, 7) is 0. The molecule has 3 N–H and O–H groups in total. The third-order valence-corrected chi connectivity index (χ3v) is 4.24. The van der Waals surface area contributed by atoms with Crippen LogP contribution in [0.15, 0.2) is 30.3 Å². The molecule has 19 heavy (non-hydrogen) atoms. The van der Waals surface area contributed by atoms with E-state index in [1.54, 1.807) is 0 Å². The van der Waals surface area contributed by atoms with Gasteiger partial charge < -0.3 is 11.1 Å². The Morgan fingerprint density at radius 1 is 0.947 bits per heavy atom. The molecule has 2 aliphatic carbocycles. The molecule has 108 valence electrons. The van der Waals surface area contributed by atoms with E-state index in [-0.39, 0.29) is 24.8 Å². The van der Waals surface area contributed by atoms with Crippen LogP contribution in [-0.4, -0.2) is 18.1 Å². The van der Waals surface area contributed by atoms with Gasteiger partial charge in [-0.15, -0.1) is 24.8 Å². The van der Waals surface area contributed by atoms with Crippen LogP contribution in [0.5, 0.6) is 0 Å². The van der Waals surface area contributed by atoms with Gasteiger partial charge in [-0.25, -0.2) is 0 Å². The van der Waals surface area contributed by atoms with Crippen molar-refractivity contribution >= 4 is 24.8 Å². The van der Waals surface area contributed by atoms with Gasteiger partial charge in [-0.2, -0.15) is 0 Å². The van der Waals surface area contributed by atoms with Crippen LogP contribution in [0.3, 0.4) is 0 Å². The highest BCUT2D eigenvalue weighted by Crippen LogP contribution is 2.41. The summed E-state index contributed by atoms with van der Waals surface area (Å²) < 4.78 is 0. The largest absolute Gasteiger partial charge is 0.328 e. The number of halogens is 2. The first-order chi connectivity index (χ1) is 8.33. The molecule has 3 rings (SSSR count). The van der Waals surface area contributed by atoms with Crippen LogP contribution in [0.2, 0.25) is 0 Å². The van der Waals surface area contributed by atoms with Gasteiger partial charge in [-0.1, -0.05) is 30.3 Å². The molecule has 0 spiro atoms. The Kier molecular flexibility index (Phi) is 6.61. The van der Waals surface area contributed by atoms with E-state index in [2.05, 4.69) is 35.6 Å². The number of benzene rings is 1. The molecule has 2 fully saturated rings. The van der Waals surface area contributed by atoms with E-state index in [1.165, 1.54) is 37.7 Å². The summed E-state index contributed by atoms with van der Waals surface area (Å²) in [5, 5.41) is 3.81. The van der Waals surface area contributed by atoms with Crippen molar-refractivity contribution in [2.45, 2.75) is 56.1 Å². The Balaban J connectivity index is 0.000000902. The van der Waals surface area contributed by atoms with Gasteiger partial charge in [0.1, 0.15) is 0 Å². The summed E-state index contributed by atoms with van der Waals surface area (Å²) >= 11 is 0. The van der Waals surface area contributed by atoms with Gasteiger partial charge in [0.25, 0.3) is 0 Å². The summed E-state index contributed by atoms with van der Waals surface area (Å²) in [6.07, 6.45) is 6.23. The summed E-state index contributed by atoms with van der Waals surface area (Å²) in [6, 6.07) is 12.8. The maximum absolute atomic E-state index is 5.93. The molecule has 0 aromatic heterocycles. The third kappa shape index (κ3) is 4.35. The van der Waals surface area contributed by atoms with Crippen LogP contribution in [0, 0.1) is 0 Å². The van der Waals surface area contributed by atoms with E-state index in [4.69, 9.17) is 5.73 Å². The Labute approximate surface area is 128 Å². The maximum Gasteiger partial charge on any atom is 0.0145 e. The van der Waals surface area contributed by atoms with Crippen molar-refractivity contribution in [2.75, 3.05) is 0 Å². The first kappa shape index (κ1) is 16.8. The molecule has 0 saturated heterocycles. The molecule has 0 aliphatic heterocycles. The molecular weight excluding hydrogens is 279 g/mol. The molecule has 2 nitrogen and oxygen atoms in total. The molecule has 0 amide bonds. The zero-order valence-electron chi connectivity index (χ0n) is 11.1. The highest BCUT2D eigenvalue weighted by atomic mass is 35.5. The molecule has 2 atom stereocenters. The van der Waals surface area contributed by atoms with Gasteiger partial charge >= 0.3 is 0 Å². The number of rotatable bonds is 3. The molecule has 1 aromatic carbocycles. The van der Waals surface area contributed by atoms with Crippen molar-refractivity contribution in [3.63, 3.8) is 0 Å². The van der Waals surface area contributed by atoms with E-state index in [0.717, 1.165) is 12.0 Å². The van der Waals surface area contributed by atoms with Crippen LogP contribution in [0.1, 0.15) is 43.6 Å². The van der Waals surface area contributed by atoms with Gasteiger partial charge in [-0.05, 0) is 37.7 Å². The predicted octanol–water partition coefficient (Wildman–Crippen LogP) is 3.25. The minimum absolute atomic E-state index is 0. The quantitative estimate of drug-likeness (QED) is 0.899. The van der Waals surface area contributed by atoms with Crippen molar-refractivity contribution in [2.24, 2.45) is 5.73 Å². The molecule has 1 aromatic rings. The Morgan fingerprint density at radius 3 is 2.21 bits per heavy atom. The van der Waals surface area contributed by atoms with Crippen molar-refractivity contribution in [3.05, 3.63) is 35.9 Å². The van der Waals surface area contributed by atoms with E-state index in [0.29, 0.717) is 12.1 Å². The van der Waals surface area contributed by atoms with Crippen molar-refractivity contribution in [3.8, 4) is 0 Å². The molecule has 0 radical (unpaired) electrons. The SMILES string of the molecule is Cl.Cl.NC1CCC(N[C@@H]2CC2c2ccccc2)CC1. The summed E-state index contributed by atoms with van der Waals surface area (Å²) in [5.74, 6) is 0.756. The summed E-state index contributed by atoms with van der Waals surface area (Å²) in [4.78, 5) is 0. The first-order valence-corrected chi connectivity index (χ1v) is 6.89. The van der Waals surface area contributed by atoms with E-state index >= 15 is 0 Å². The smallest absolute Gasteiger partial charge is 0.0145 e. The predicted molar refractivity (Wildman–Crippen MR) is 85.5 cm³/mol. The van der Waals surface area contributed by atoms with Gasteiger partial charge in [0.2, 0.25) is 0 Å². The molecule has 0 bridgehead atoms. The van der Waals surface area contributed by atoms with Crippen LogP contribution < -0.4 is 11.1 Å². The third-order valence-electron chi connectivity index (χ3n) is 4.24. The maximum atomic E-state index is 5.93. The second kappa shape index (κ2) is 7.49. The second-order valence-electron chi connectivity index (χ2n) is 5.64. The molecule has 2 aliphatic rings. The van der Waals surface area contributed by atoms with E-state index < -0.39 is 0 Å². The lowest BCUT2D eigenvalue weighted by molar-refractivity contribution is 0.339. The van der Waals surface area contributed by atoms with Crippen LogP contribution in [-0.2, 0) is 0 Å². The van der Waals surface area contributed by atoms with Crippen LogP contribution >= 0.6 is 24.8 Å². The number of nitrogens with two attached hydrogens (primary N) is 1. The Hall–Kier alpha value is -0.280. The molecule has 1 unspecified atom stereocenters. The lowest BCUT2D eigenvalue weighted by atomic mass is 9.92. The van der Waals surface area contributed by atoms with Gasteiger partial charge in [0, 0.05) is 24.0 Å². The average Bonchev–Trinajstić information content (AvgIpc) is 3.13. The Morgan fingerprint density at radius 2 is 1.58 bits per heavy atom. The topological polar surface area (TPSA) is 38.0 Å². The van der Waals surface area contributed by atoms with Crippen molar-refractivity contribution in [1.29, 1.82) is 0 Å². The van der Waals surface area contributed by atoms with Gasteiger partial charge in [0.15, 0.2) is 0 Å². The lowest BCUT2D eigenvalue weighted by Crippen LogP contribution is -2.38. The second-order valence-corrected chi connectivity index (χ2v) is 5.64. The summed E-state index contributed by atoms with van der Waals surface area (Å²) in [7, 11) is 0. The molecule has 2 saturated carbocycles. The first-order valence-electron chi connectivity index (χ1n) is 6.89. The average molecular weight is 303 g/mol. The lowest BCUT2D eigenvalue weighted by Gasteiger charge is -2.27. The minimum atomic E-state index is 0. The van der Waals surface area contributed by atoms with Crippen LogP contribution in [0.4, 0.5) is 0 Å². The Bertz CT molecular complexity index is 364. The van der Waals surface area contributed by atoms with Gasteiger partial charge in [0.05, 0.1) is 0 Å². The monoisotopic (exact) mass is 302 g/mol. The van der Waals surface area contributed by atoms with Crippen molar-refractivity contribution in [1.82, 2.24) is 5.32 Å². The fraction of sp³-hybridized carbons (Fsp3) is 0.600. The van der Waals surface area contributed by atoms with Crippen LogP contribution in [0.25, 0.3) is 0 Å². The standard InChI is InChI=1S/C15H22N2.2ClH/c16-12-6-8-13(9-7-12)17-15-10-14(15)11-4-2-1-3-5-11;;/h1-5,12-15,17H,6-10,16H2;2*1H/t12?,13?,14?,15-;;/m1../s1. The fourth-order valence-corrected chi connectivity index (χ4v) is 3.04. The zero-order valence-corrected chi connectivity index (χ0v) is 12.8. The van der Waals surface area contributed by atoms with E-state index in [9.17, 15) is 0 Å². The molecule has 0 heterocycles. The number of hydrogen-bond donors (Lipinski definition) is 2. The zero-order chi connectivity index (χ0) is 11.7. The normalized spacial score (nSPS) is 32.9. The van der Waals surface area contributed by atoms with Gasteiger partial charge in [-0.3, -0.25) is 0 Å². The summed E-state index contributed by atoms with van der Waals surface area (Å²) in [5.41, 5.74) is 7.43.